The number of hydrogen-bond acceptors (Lipinski definition) is 2. The first-order valence-corrected chi connectivity index (χ1v) is 6.45. The van der Waals surface area contributed by atoms with Gasteiger partial charge in [-0.1, -0.05) is 22.9 Å². The minimum atomic E-state index is 0.312. The van der Waals surface area contributed by atoms with Crippen molar-refractivity contribution in [2.45, 2.75) is 32.6 Å². The first-order valence-electron chi connectivity index (χ1n) is 5.66. The lowest BCUT2D eigenvalue weighted by Crippen LogP contribution is -1.99. The van der Waals surface area contributed by atoms with Crippen LogP contribution in [0.2, 0.25) is 0 Å². The summed E-state index contributed by atoms with van der Waals surface area (Å²) in [4.78, 5) is 11.3. The number of ether oxygens (including phenoxy) is 1. The maximum atomic E-state index is 11.3. The molecule has 0 amide bonds. The van der Waals surface area contributed by atoms with Gasteiger partial charge in [0.2, 0.25) is 0 Å². The normalized spacial score (nSPS) is 13.4. The number of aryl methyl sites for hydroxylation is 1. The van der Waals surface area contributed by atoms with E-state index in [9.17, 15) is 4.79 Å². The van der Waals surface area contributed by atoms with Crippen molar-refractivity contribution in [3.63, 3.8) is 0 Å². The van der Waals surface area contributed by atoms with Gasteiger partial charge in [0.1, 0.15) is 11.5 Å². The summed E-state index contributed by atoms with van der Waals surface area (Å²) in [5.41, 5.74) is 2.41. The molecule has 1 aliphatic rings. The molecule has 0 aromatic heterocycles. The highest BCUT2D eigenvalue weighted by Crippen LogP contribution is 2.33. The van der Waals surface area contributed by atoms with Crippen LogP contribution in [-0.4, -0.2) is 12.4 Å². The molecule has 3 heteroatoms. The maximum absolute atomic E-state index is 11.3. The highest BCUT2D eigenvalue weighted by atomic mass is 79.9. The fourth-order valence-corrected chi connectivity index (χ4v) is 2.54. The molecule has 0 atom stereocenters. The van der Waals surface area contributed by atoms with Gasteiger partial charge in [-0.3, -0.25) is 4.79 Å². The van der Waals surface area contributed by atoms with E-state index in [4.69, 9.17) is 4.74 Å². The summed E-state index contributed by atoms with van der Waals surface area (Å²) in [6.45, 7) is 2.67. The molecule has 0 radical (unpaired) electrons. The summed E-state index contributed by atoms with van der Waals surface area (Å²) in [6.07, 6.45) is 3.00. The van der Waals surface area contributed by atoms with Crippen LogP contribution in [0.4, 0.5) is 0 Å². The predicted octanol–water partition coefficient (Wildman–Crippen LogP) is 3.30. The second-order valence-corrected chi connectivity index (χ2v) is 4.96. The SMILES string of the molecule is CCC(=O)CCc1cc(Br)cc2c1OCC2. The van der Waals surface area contributed by atoms with Crippen LogP contribution in [0, 0.1) is 0 Å². The van der Waals surface area contributed by atoms with Gasteiger partial charge in [-0.2, -0.15) is 0 Å². The molecule has 0 saturated carbocycles. The molecule has 16 heavy (non-hydrogen) atoms. The average Bonchev–Trinajstić information content (AvgIpc) is 2.73. The quantitative estimate of drug-likeness (QED) is 0.847. The van der Waals surface area contributed by atoms with Crippen LogP contribution in [-0.2, 0) is 17.6 Å². The van der Waals surface area contributed by atoms with E-state index < -0.39 is 0 Å². The van der Waals surface area contributed by atoms with Crippen molar-refractivity contribution < 1.29 is 9.53 Å². The summed E-state index contributed by atoms with van der Waals surface area (Å²) >= 11 is 3.50. The molecule has 1 aromatic carbocycles. The van der Waals surface area contributed by atoms with E-state index in [1.807, 2.05) is 6.92 Å². The molecule has 0 saturated heterocycles. The lowest BCUT2D eigenvalue weighted by molar-refractivity contribution is -0.118. The maximum Gasteiger partial charge on any atom is 0.132 e. The molecular weight excluding hydrogens is 268 g/mol. The van der Waals surface area contributed by atoms with E-state index in [1.54, 1.807) is 0 Å². The van der Waals surface area contributed by atoms with Crippen molar-refractivity contribution in [1.29, 1.82) is 0 Å². The largest absolute Gasteiger partial charge is 0.493 e. The third-order valence-electron chi connectivity index (χ3n) is 2.89. The Balaban J connectivity index is 2.17. The number of carbonyl (C=O) groups excluding carboxylic acids is 1. The van der Waals surface area contributed by atoms with Gasteiger partial charge in [0.05, 0.1) is 6.61 Å². The number of benzene rings is 1. The lowest BCUT2D eigenvalue weighted by atomic mass is 10.0. The Hall–Kier alpha value is -0.830. The van der Waals surface area contributed by atoms with Crippen LogP contribution in [0.3, 0.4) is 0 Å². The molecule has 86 valence electrons. The Labute approximate surface area is 104 Å². The Morgan fingerprint density at radius 3 is 3.06 bits per heavy atom. The number of carbonyl (C=O) groups is 1. The van der Waals surface area contributed by atoms with Crippen molar-refractivity contribution >= 4 is 21.7 Å². The van der Waals surface area contributed by atoms with Crippen LogP contribution in [0.25, 0.3) is 0 Å². The summed E-state index contributed by atoms with van der Waals surface area (Å²) < 4.78 is 6.70. The zero-order valence-electron chi connectivity index (χ0n) is 9.38. The number of rotatable bonds is 4. The second kappa shape index (κ2) is 5.00. The third kappa shape index (κ3) is 2.46. The zero-order valence-corrected chi connectivity index (χ0v) is 11.0. The van der Waals surface area contributed by atoms with E-state index in [1.165, 1.54) is 5.56 Å². The van der Waals surface area contributed by atoms with Crippen molar-refractivity contribution in [3.8, 4) is 5.75 Å². The van der Waals surface area contributed by atoms with E-state index in [2.05, 4.69) is 28.1 Å². The van der Waals surface area contributed by atoms with Gasteiger partial charge >= 0.3 is 0 Å². The molecule has 0 bridgehead atoms. The summed E-state index contributed by atoms with van der Waals surface area (Å²) in [5, 5.41) is 0. The molecule has 0 spiro atoms. The van der Waals surface area contributed by atoms with Gasteiger partial charge in [-0.15, -0.1) is 0 Å². The number of fused-ring (bicyclic) bond motifs is 1. The fourth-order valence-electron chi connectivity index (χ4n) is 1.98. The van der Waals surface area contributed by atoms with Crippen LogP contribution < -0.4 is 4.74 Å². The molecule has 0 aliphatic carbocycles. The monoisotopic (exact) mass is 282 g/mol. The number of Topliss-reactive ketones (excluding diaryl/α,β-unsaturated/α-hetero) is 1. The molecule has 2 rings (SSSR count). The highest BCUT2D eigenvalue weighted by Gasteiger charge is 2.17. The summed E-state index contributed by atoms with van der Waals surface area (Å²) in [6, 6.07) is 4.17. The van der Waals surface area contributed by atoms with Crippen LogP contribution in [0.1, 0.15) is 30.9 Å². The van der Waals surface area contributed by atoms with E-state index >= 15 is 0 Å². The smallest absolute Gasteiger partial charge is 0.132 e. The molecule has 0 N–H and O–H groups in total. The number of hydrogen-bond donors (Lipinski definition) is 0. The molecule has 0 fully saturated rings. The lowest BCUT2D eigenvalue weighted by Gasteiger charge is -2.08. The van der Waals surface area contributed by atoms with Gasteiger partial charge < -0.3 is 4.74 Å². The first-order chi connectivity index (χ1) is 7.70. The van der Waals surface area contributed by atoms with Gasteiger partial charge in [-0.05, 0) is 29.7 Å². The zero-order chi connectivity index (χ0) is 11.5. The van der Waals surface area contributed by atoms with Crippen LogP contribution in [0.5, 0.6) is 5.75 Å². The van der Waals surface area contributed by atoms with Crippen molar-refractivity contribution in [2.75, 3.05) is 6.61 Å². The predicted molar refractivity (Wildman–Crippen MR) is 67.0 cm³/mol. The van der Waals surface area contributed by atoms with Crippen molar-refractivity contribution in [1.82, 2.24) is 0 Å². The Morgan fingerprint density at radius 1 is 1.50 bits per heavy atom. The highest BCUT2D eigenvalue weighted by molar-refractivity contribution is 9.10. The molecule has 1 aliphatic heterocycles. The van der Waals surface area contributed by atoms with Gasteiger partial charge in [0, 0.05) is 23.7 Å². The van der Waals surface area contributed by atoms with Gasteiger partial charge in [0.25, 0.3) is 0 Å². The average molecular weight is 283 g/mol. The molecule has 0 unspecified atom stereocenters. The second-order valence-electron chi connectivity index (χ2n) is 4.04. The Kier molecular flexibility index (Phi) is 3.64. The van der Waals surface area contributed by atoms with E-state index in [0.717, 1.165) is 35.2 Å². The molecule has 1 heterocycles. The molecule has 1 aromatic rings. The standard InChI is InChI=1S/C13H15BrO2/c1-2-12(15)4-3-9-7-11(14)8-10-5-6-16-13(9)10/h7-8H,2-6H2,1H3. The minimum Gasteiger partial charge on any atom is -0.493 e. The first kappa shape index (κ1) is 11.6. The van der Waals surface area contributed by atoms with Crippen molar-refractivity contribution in [2.24, 2.45) is 0 Å². The fraction of sp³-hybridized carbons (Fsp3) is 0.462. The Morgan fingerprint density at radius 2 is 2.31 bits per heavy atom. The molecule has 2 nitrogen and oxygen atoms in total. The van der Waals surface area contributed by atoms with Crippen LogP contribution in [0.15, 0.2) is 16.6 Å². The van der Waals surface area contributed by atoms with Crippen molar-refractivity contribution in [3.05, 3.63) is 27.7 Å². The number of halogens is 1. The van der Waals surface area contributed by atoms with Gasteiger partial charge in [-0.25, -0.2) is 0 Å². The third-order valence-corrected chi connectivity index (χ3v) is 3.35. The van der Waals surface area contributed by atoms with E-state index in [0.29, 0.717) is 18.6 Å². The summed E-state index contributed by atoms with van der Waals surface area (Å²) in [5.74, 6) is 1.32. The topological polar surface area (TPSA) is 26.3 Å². The van der Waals surface area contributed by atoms with Gasteiger partial charge in [0.15, 0.2) is 0 Å². The number of ketones is 1. The van der Waals surface area contributed by atoms with E-state index in [-0.39, 0.29) is 0 Å². The Bertz CT molecular complexity index is 413. The summed E-state index contributed by atoms with van der Waals surface area (Å²) in [7, 11) is 0. The minimum absolute atomic E-state index is 0.312. The van der Waals surface area contributed by atoms with Crippen LogP contribution >= 0.6 is 15.9 Å². The molecular formula is C13H15BrO2.